The molecule has 2 aliphatic rings. The molecule has 1 saturated heterocycles. The second kappa shape index (κ2) is 9.89. The van der Waals surface area contributed by atoms with Gasteiger partial charge in [0.2, 0.25) is 0 Å². The van der Waals surface area contributed by atoms with Crippen LogP contribution in [0.5, 0.6) is 0 Å². The first-order chi connectivity index (χ1) is 15.8. The monoisotopic (exact) mass is 447 g/mol. The molecule has 0 unspecified atom stereocenters. The van der Waals surface area contributed by atoms with Gasteiger partial charge in [0, 0.05) is 31.9 Å². The average molecular weight is 448 g/mol. The number of hydrogen-bond acceptors (Lipinski definition) is 5. The summed E-state index contributed by atoms with van der Waals surface area (Å²) in [6.45, 7) is 12.3. The summed E-state index contributed by atoms with van der Waals surface area (Å²) in [5.74, 6) is -0.0768. The third-order valence-corrected chi connectivity index (χ3v) is 6.41. The molecule has 2 aromatic carbocycles. The molecule has 1 fully saturated rings. The van der Waals surface area contributed by atoms with Crippen molar-refractivity contribution in [3.8, 4) is 0 Å². The molecule has 0 aromatic heterocycles. The summed E-state index contributed by atoms with van der Waals surface area (Å²) in [4.78, 5) is 30.6. The highest BCUT2D eigenvalue weighted by Crippen LogP contribution is 2.32. The first kappa shape index (κ1) is 23.2. The molecule has 0 bridgehead atoms. The molecule has 0 saturated carbocycles. The number of rotatable bonds is 7. The molecule has 6 heteroatoms. The molecule has 174 valence electrons. The molecule has 0 atom stereocenters. The predicted octanol–water partition coefficient (Wildman–Crippen LogP) is 3.95. The molecule has 6 nitrogen and oxygen atoms in total. The molecular weight excluding hydrogens is 414 g/mol. The first-order valence-corrected chi connectivity index (χ1v) is 11.7. The van der Waals surface area contributed by atoms with E-state index in [9.17, 15) is 9.59 Å². The molecule has 2 heterocycles. The molecule has 0 aliphatic carbocycles. The van der Waals surface area contributed by atoms with Crippen molar-refractivity contribution in [3.05, 3.63) is 70.4 Å². The Labute approximate surface area is 196 Å². The first-order valence-electron chi connectivity index (χ1n) is 11.7. The smallest absolute Gasteiger partial charge is 0.278 e. The minimum absolute atomic E-state index is 0.235. The zero-order chi connectivity index (χ0) is 23.5. The van der Waals surface area contributed by atoms with Gasteiger partial charge in [-0.05, 0) is 48.6 Å². The van der Waals surface area contributed by atoms with Crippen LogP contribution in [-0.2, 0) is 14.3 Å². The Kier molecular flexibility index (Phi) is 6.96. The summed E-state index contributed by atoms with van der Waals surface area (Å²) in [6, 6.07) is 14.0. The lowest BCUT2D eigenvalue weighted by Crippen LogP contribution is -2.43. The van der Waals surface area contributed by atoms with E-state index >= 15 is 0 Å². The van der Waals surface area contributed by atoms with Gasteiger partial charge in [-0.15, -0.1) is 0 Å². The molecule has 2 aliphatic heterocycles. The predicted molar refractivity (Wildman–Crippen MR) is 131 cm³/mol. The van der Waals surface area contributed by atoms with Crippen molar-refractivity contribution in [1.29, 1.82) is 0 Å². The maximum absolute atomic E-state index is 13.5. The topological polar surface area (TPSA) is 61.9 Å². The van der Waals surface area contributed by atoms with Gasteiger partial charge in [0.15, 0.2) is 0 Å². The molecule has 4 rings (SSSR count). The van der Waals surface area contributed by atoms with Crippen LogP contribution >= 0.6 is 0 Å². The van der Waals surface area contributed by atoms with Crippen LogP contribution in [0, 0.1) is 13.8 Å². The number of nitrogens with zero attached hydrogens (tertiary/aromatic N) is 2. The normalized spacial score (nSPS) is 17.4. The Morgan fingerprint density at radius 3 is 2.27 bits per heavy atom. The molecule has 0 radical (unpaired) electrons. The van der Waals surface area contributed by atoms with Crippen LogP contribution in [0.3, 0.4) is 0 Å². The molecule has 2 aromatic rings. The van der Waals surface area contributed by atoms with Crippen molar-refractivity contribution in [2.45, 2.75) is 33.6 Å². The zero-order valence-corrected chi connectivity index (χ0v) is 20.0. The van der Waals surface area contributed by atoms with Crippen LogP contribution in [0.2, 0.25) is 0 Å². The van der Waals surface area contributed by atoms with Gasteiger partial charge in [0.1, 0.15) is 5.70 Å². The second-order valence-electron chi connectivity index (χ2n) is 9.19. The maximum atomic E-state index is 13.5. The van der Waals surface area contributed by atoms with Crippen molar-refractivity contribution >= 4 is 23.1 Å². The summed E-state index contributed by atoms with van der Waals surface area (Å²) < 4.78 is 5.41. The minimum Gasteiger partial charge on any atom is -0.379 e. The van der Waals surface area contributed by atoms with E-state index in [1.807, 2.05) is 44.2 Å². The summed E-state index contributed by atoms with van der Waals surface area (Å²) >= 11 is 0. The number of amides is 2. The van der Waals surface area contributed by atoms with Gasteiger partial charge in [-0.25, -0.2) is 0 Å². The number of carbonyl (C=O) groups is 2. The number of carbonyl (C=O) groups excluding carboxylic acids is 2. The standard InChI is InChI=1S/C27H33N3O3/c1-18(2)21-6-8-22(9-7-21)28-25-24(23-10-5-19(3)17-20(23)4)26(31)30(27(25)32)12-11-29-13-15-33-16-14-29/h5-10,17-18,28H,11-16H2,1-4H3. The summed E-state index contributed by atoms with van der Waals surface area (Å²) in [7, 11) is 0. The Hall–Kier alpha value is -2.96. The number of anilines is 1. The molecule has 1 N–H and O–H groups in total. The van der Waals surface area contributed by atoms with E-state index in [0.29, 0.717) is 43.5 Å². The zero-order valence-electron chi connectivity index (χ0n) is 20.0. The van der Waals surface area contributed by atoms with Crippen molar-refractivity contribution in [3.63, 3.8) is 0 Å². The molecule has 0 spiro atoms. The van der Waals surface area contributed by atoms with Gasteiger partial charge in [0.25, 0.3) is 11.8 Å². The van der Waals surface area contributed by atoms with Gasteiger partial charge in [-0.1, -0.05) is 49.7 Å². The van der Waals surface area contributed by atoms with E-state index < -0.39 is 0 Å². The summed E-state index contributed by atoms with van der Waals surface area (Å²) in [6.07, 6.45) is 0. The highest BCUT2D eigenvalue weighted by atomic mass is 16.5. The van der Waals surface area contributed by atoms with Crippen molar-refractivity contribution in [1.82, 2.24) is 9.80 Å². The van der Waals surface area contributed by atoms with Gasteiger partial charge < -0.3 is 10.1 Å². The van der Waals surface area contributed by atoms with Crippen LogP contribution < -0.4 is 5.32 Å². The lowest BCUT2D eigenvalue weighted by Gasteiger charge is -2.28. The molecule has 2 amide bonds. The number of ether oxygens (including phenoxy) is 1. The number of nitrogens with one attached hydrogen (secondary N) is 1. The summed E-state index contributed by atoms with van der Waals surface area (Å²) in [5.41, 5.74) is 5.73. The Morgan fingerprint density at radius 2 is 1.64 bits per heavy atom. The second-order valence-corrected chi connectivity index (χ2v) is 9.19. The number of aryl methyl sites for hydroxylation is 2. The number of hydrogen-bond donors (Lipinski definition) is 1. The number of morpholine rings is 1. The van der Waals surface area contributed by atoms with Crippen LogP contribution in [0.25, 0.3) is 5.57 Å². The van der Waals surface area contributed by atoms with Crippen LogP contribution in [-0.4, -0.2) is 61.0 Å². The third kappa shape index (κ3) is 5.02. The number of benzene rings is 2. The largest absolute Gasteiger partial charge is 0.379 e. The third-order valence-electron chi connectivity index (χ3n) is 6.41. The number of imide groups is 1. The van der Waals surface area contributed by atoms with Gasteiger partial charge in [-0.2, -0.15) is 0 Å². The Bertz CT molecular complexity index is 1070. The molecular formula is C27H33N3O3. The molecule has 33 heavy (non-hydrogen) atoms. The van der Waals surface area contributed by atoms with E-state index in [4.69, 9.17) is 4.74 Å². The average Bonchev–Trinajstić information content (AvgIpc) is 3.02. The maximum Gasteiger partial charge on any atom is 0.278 e. The fourth-order valence-corrected chi connectivity index (χ4v) is 4.40. The fourth-order valence-electron chi connectivity index (χ4n) is 4.40. The van der Waals surface area contributed by atoms with E-state index in [1.54, 1.807) is 0 Å². The van der Waals surface area contributed by atoms with Crippen molar-refractivity contribution in [2.75, 3.05) is 44.7 Å². The van der Waals surface area contributed by atoms with Crippen molar-refractivity contribution < 1.29 is 14.3 Å². The van der Waals surface area contributed by atoms with E-state index in [-0.39, 0.29) is 11.8 Å². The quantitative estimate of drug-likeness (QED) is 0.651. The van der Waals surface area contributed by atoms with E-state index in [0.717, 1.165) is 35.5 Å². The minimum atomic E-state index is -0.267. The SMILES string of the molecule is Cc1ccc(C2=C(Nc3ccc(C(C)C)cc3)C(=O)N(CCN3CCOCC3)C2=O)c(C)c1. The highest BCUT2D eigenvalue weighted by molar-refractivity contribution is 6.36. The van der Waals surface area contributed by atoms with Crippen LogP contribution in [0.15, 0.2) is 48.2 Å². The van der Waals surface area contributed by atoms with E-state index in [2.05, 4.69) is 36.2 Å². The fraction of sp³-hybridized carbons (Fsp3) is 0.407. The van der Waals surface area contributed by atoms with Gasteiger partial charge >= 0.3 is 0 Å². The van der Waals surface area contributed by atoms with Gasteiger partial charge in [0.05, 0.1) is 18.8 Å². The summed E-state index contributed by atoms with van der Waals surface area (Å²) in [5, 5.41) is 3.28. The van der Waals surface area contributed by atoms with E-state index in [1.165, 1.54) is 10.5 Å². The lowest BCUT2D eigenvalue weighted by molar-refractivity contribution is -0.137. The van der Waals surface area contributed by atoms with Crippen LogP contribution in [0.1, 0.15) is 42.0 Å². The van der Waals surface area contributed by atoms with Crippen molar-refractivity contribution in [2.24, 2.45) is 0 Å². The highest BCUT2D eigenvalue weighted by Gasteiger charge is 2.39. The Balaban J connectivity index is 1.64. The Morgan fingerprint density at radius 1 is 0.939 bits per heavy atom. The lowest BCUT2D eigenvalue weighted by atomic mass is 9.97. The van der Waals surface area contributed by atoms with Gasteiger partial charge in [-0.3, -0.25) is 19.4 Å². The van der Waals surface area contributed by atoms with Crippen LogP contribution in [0.4, 0.5) is 5.69 Å².